The van der Waals surface area contributed by atoms with Gasteiger partial charge in [0.2, 0.25) is 0 Å². The molecule has 26 heavy (non-hydrogen) atoms. The molecule has 140 valence electrons. The van der Waals surface area contributed by atoms with Crippen LogP contribution in [0, 0.1) is 0 Å². The third kappa shape index (κ3) is 5.55. The molecule has 2 aromatic carbocycles. The first kappa shape index (κ1) is 19.9. The van der Waals surface area contributed by atoms with E-state index in [-0.39, 0.29) is 23.6 Å². The van der Waals surface area contributed by atoms with Crippen molar-refractivity contribution in [1.29, 1.82) is 0 Å². The van der Waals surface area contributed by atoms with Gasteiger partial charge in [-0.1, -0.05) is 48.5 Å². The van der Waals surface area contributed by atoms with Crippen LogP contribution in [0.3, 0.4) is 0 Å². The first-order chi connectivity index (χ1) is 12.3. The summed E-state index contributed by atoms with van der Waals surface area (Å²) in [6, 6.07) is 14.9. The second kappa shape index (κ2) is 8.79. The number of alkyl carbamates (subject to hydrolysis) is 1. The fraction of sp³-hybridized carbons (Fsp3) is 0.278. The molecule has 0 spiro atoms. The molecular weight excluding hydrogens is 358 g/mol. The molecule has 2 unspecified atom stereocenters. The molecule has 2 aromatic rings. The number of hydrogen-bond donors (Lipinski definition) is 3. The summed E-state index contributed by atoms with van der Waals surface area (Å²) in [6.45, 7) is -0.227. The Hall–Kier alpha value is -2.42. The Bertz CT molecular complexity index is 838. The quantitative estimate of drug-likeness (QED) is 0.670. The van der Waals surface area contributed by atoms with Crippen LogP contribution in [0.4, 0.5) is 4.79 Å². The number of amides is 1. The van der Waals surface area contributed by atoms with Gasteiger partial charge in [0.05, 0.1) is 4.90 Å². The molecule has 2 atom stereocenters. The number of rotatable bonds is 7. The zero-order chi connectivity index (χ0) is 19.2. The minimum Gasteiger partial charge on any atom is -0.445 e. The van der Waals surface area contributed by atoms with Crippen molar-refractivity contribution in [3.8, 4) is 0 Å². The molecule has 0 aliphatic heterocycles. The maximum Gasteiger partial charge on any atom is 0.407 e. The van der Waals surface area contributed by atoms with Crippen molar-refractivity contribution in [1.82, 2.24) is 5.32 Å². The van der Waals surface area contributed by atoms with Crippen molar-refractivity contribution in [3.63, 3.8) is 0 Å². The molecule has 0 fully saturated rings. The average molecular weight is 379 g/mol. The van der Waals surface area contributed by atoms with Gasteiger partial charge in [0, 0.05) is 18.4 Å². The summed E-state index contributed by atoms with van der Waals surface area (Å²) < 4.78 is 28.6. The average Bonchev–Trinajstić information content (AvgIpc) is 2.64. The van der Waals surface area contributed by atoms with Gasteiger partial charge in [-0.25, -0.2) is 13.2 Å². The van der Waals surface area contributed by atoms with Crippen LogP contribution in [-0.4, -0.2) is 43.6 Å². The number of sulfone groups is 1. The Morgan fingerprint density at radius 2 is 1.69 bits per heavy atom. The molecule has 0 aliphatic rings. The second-order valence-electron chi connectivity index (χ2n) is 5.76. The van der Waals surface area contributed by atoms with Crippen LogP contribution in [0.25, 0.3) is 0 Å². The maximum atomic E-state index is 11.8. The summed E-state index contributed by atoms with van der Waals surface area (Å²) >= 11 is 0. The lowest BCUT2D eigenvalue weighted by Crippen LogP contribution is -2.36. The van der Waals surface area contributed by atoms with E-state index in [1.807, 2.05) is 18.2 Å². The number of aliphatic hydroxyl groups excluding tert-OH is 2. The highest BCUT2D eigenvalue weighted by Gasteiger charge is 2.25. The molecule has 8 heteroatoms. The first-order valence-electron chi connectivity index (χ1n) is 7.88. The van der Waals surface area contributed by atoms with Crippen LogP contribution in [-0.2, 0) is 21.2 Å². The molecule has 2 rings (SSSR count). The fourth-order valence-electron chi connectivity index (χ4n) is 2.34. The summed E-state index contributed by atoms with van der Waals surface area (Å²) in [7, 11) is -3.57. The summed E-state index contributed by atoms with van der Waals surface area (Å²) in [5.74, 6) is 0. The minimum absolute atomic E-state index is 0.0711. The van der Waals surface area contributed by atoms with Crippen LogP contribution in [0.5, 0.6) is 0 Å². The Kier molecular flexibility index (Phi) is 6.73. The number of aliphatic hydroxyl groups is 2. The number of hydrogen-bond acceptors (Lipinski definition) is 6. The summed E-state index contributed by atoms with van der Waals surface area (Å²) in [4.78, 5) is 11.6. The van der Waals surface area contributed by atoms with E-state index in [1.165, 1.54) is 18.2 Å². The van der Waals surface area contributed by atoms with Gasteiger partial charge in [-0.15, -0.1) is 0 Å². The standard InChI is InChI=1S/C18H21NO6S/c1-26(23,24)16-10-6-5-9-14(16)17(21)15(20)11-19-18(22)25-12-13-7-3-2-4-8-13/h2-10,15,17,20-21H,11-12H2,1H3,(H,19,22). The third-order valence-corrected chi connectivity index (χ3v) is 4.84. The van der Waals surface area contributed by atoms with Crippen LogP contribution in [0.2, 0.25) is 0 Å². The molecule has 0 aromatic heterocycles. The molecule has 3 N–H and O–H groups in total. The van der Waals surface area contributed by atoms with Crippen molar-refractivity contribution in [2.24, 2.45) is 0 Å². The van der Waals surface area contributed by atoms with Gasteiger partial charge in [-0.05, 0) is 11.6 Å². The molecule has 0 saturated carbocycles. The van der Waals surface area contributed by atoms with Crippen molar-refractivity contribution >= 4 is 15.9 Å². The molecule has 0 saturated heterocycles. The van der Waals surface area contributed by atoms with Gasteiger partial charge in [0.15, 0.2) is 9.84 Å². The fourth-order valence-corrected chi connectivity index (χ4v) is 3.29. The summed E-state index contributed by atoms with van der Waals surface area (Å²) in [6.07, 6.45) is -2.61. The van der Waals surface area contributed by atoms with Gasteiger partial charge in [-0.2, -0.15) is 0 Å². The number of carbonyl (C=O) groups is 1. The molecule has 1 amide bonds. The zero-order valence-electron chi connectivity index (χ0n) is 14.2. The van der Waals surface area contributed by atoms with Crippen molar-refractivity contribution in [2.45, 2.75) is 23.7 Å². The monoisotopic (exact) mass is 379 g/mol. The summed E-state index contributed by atoms with van der Waals surface area (Å²) in [5, 5.41) is 22.7. The molecular formula is C18H21NO6S. The lowest BCUT2D eigenvalue weighted by atomic mass is 10.0. The van der Waals surface area contributed by atoms with Crippen molar-refractivity contribution in [3.05, 3.63) is 65.7 Å². The number of nitrogens with one attached hydrogen (secondary N) is 1. The SMILES string of the molecule is CS(=O)(=O)c1ccccc1C(O)C(O)CNC(=O)OCc1ccccc1. The zero-order valence-corrected chi connectivity index (χ0v) is 15.0. The predicted octanol–water partition coefficient (Wildman–Crippen LogP) is 1.41. The Balaban J connectivity index is 1.91. The van der Waals surface area contributed by atoms with Crippen LogP contribution >= 0.6 is 0 Å². The largest absolute Gasteiger partial charge is 0.445 e. The minimum atomic E-state index is -3.57. The summed E-state index contributed by atoms with van der Waals surface area (Å²) in [5.41, 5.74) is 0.882. The number of carbonyl (C=O) groups excluding carboxylic acids is 1. The maximum absolute atomic E-state index is 11.8. The number of benzene rings is 2. The van der Waals surface area contributed by atoms with Gasteiger partial charge in [-0.3, -0.25) is 0 Å². The van der Waals surface area contributed by atoms with E-state index in [9.17, 15) is 23.4 Å². The van der Waals surface area contributed by atoms with Gasteiger partial charge >= 0.3 is 6.09 Å². The van der Waals surface area contributed by atoms with E-state index in [1.54, 1.807) is 18.2 Å². The van der Waals surface area contributed by atoms with Crippen molar-refractivity contribution in [2.75, 3.05) is 12.8 Å². The van der Waals surface area contributed by atoms with Gasteiger partial charge < -0.3 is 20.3 Å². The lowest BCUT2D eigenvalue weighted by Gasteiger charge is -2.20. The van der Waals surface area contributed by atoms with E-state index in [2.05, 4.69) is 5.32 Å². The number of ether oxygens (including phenoxy) is 1. The Labute approximate surface area is 152 Å². The molecule has 7 nitrogen and oxygen atoms in total. The second-order valence-corrected chi connectivity index (χ2v) is 7.75. The molecule has 0 radical (unpaired) electrons. The normalized spacial score (nSPS) is 13.7. The predicted molar refractivity (Wildman–Crippen MR) is 95.1 cm³/mol. The van der Waals surface area contributed by atoms with Gasteiger partial charge in [0.25, 0.3) is 0 Å². The third-order valence-electron chi connectivity index (χ3n) is 3.67. The van der Waals surface area contributed by atoms with Crippen molar-refractivity contribution < 1.29 is 28.2 Å². The van der Waals surface area contributed by atoms with E-state index < -0.39 is 28.1 Å². The van der Waals surface area contributed by atoms with Crippen LogP contribution in [0.15, 0.2) is 59.5 Å². The van der Waals surface area contributed by atoms with Gasteiger partial charge in [0.1, 0.15) is 18.8 Å². The highest BCUT2D eigenvalue weighted by atomic mass is 32.2. The molecule has 0 aliphatic carbocycles. The Morgan fingerprint density at radius 3 is 2.35 bits per heavy atom. The van der Waals surface area contributed by atoms with E-state index >= 15 is 0 Å². The molecule has 0 bridgehead atoms. The van der Waals surface area contributed by atoms with E-state index in [4.69, 9.17) is 4.74 Å². The first-order valence-corrected chi connectivity index (χ1v) is 9.78. The van der Waals surface area contributed by atoms with E-state index in [0.29, 0.717) is 0 Å². The van der Waals surface area contributed by atoms with Crippen LogP contribution in [0.1, 0.15) is 17.2 Å². The van der Waals surface area contributed by atoms with E-state index in [0.717, 1.165) is 11.8 Å². The topological polar surface area (TPSA) is 113 Å². The van der Waals surface area contributed by atoms with Crippen LogP contribution < -0.4 is 5.32 Å². The lowest BCUT2D eigenvalue weighted by molar-refractivity contribution is 0.0168. The smallest absolute Gasteiger partial charge is 0.407 e. The highest BCUT2D eigenvalue weighted by Crippen LogP contribution is 2.24. The Morgan fingerprint density at radius 1 is 1.08 bits per heavy atom. The highest BCUT2D eigenvalue weighted by molar-refractivity contribution is 7.90. The molecule has 0 heterocycles.